The molecule has 2 N–H and O–H groups in total. The predicted octanol–water partition coefficient (Wildman–Crippen LogP) is 1.48. The number of nitrogens with zero attached hydrogens (tertiary/aromatic N) is 1. The summed E-state index contributed by atoms with van der Waals surface area (Å²) in [4.78, 5) is 26.5. The van der Waals surface area contributed by atoms with E-state index in [1.807, 2.05) is 6.92 Å². The Bertz CT molecular complexity index is 402. The molecular formula is C15H26N2O3. The molecule has 5 nitrogen and oxygen atoms in total. The van der Waals surface area contributed by atoms with Crippen LogP contribution in [-0.4, -0.2) is 47.1 Å². The van der Waals surface area contributed by atoms with E-state index in [2.05, 4.69) is 19.2 Å². The van der Waals surface area contributed by atoms with Gasteiger partial charge in [0.05, 0.1) is 5.41 Å². The average Bonchev–Trinajstić information content (AvgIpc) is 3.05. The number of carbonyl (C=O) groups is 2. The molecular weight excluding hydrogens is 256 g/mol. The van der Waals surface area contributed by atoms with E-state index in [1.54, 1.807) is 4.90 Å². The molecule has 5 heteroatoms. The molecule has 1 amide bonds. The molecule has 0 saturated carbocycles. The van der Waals surface area contributed by atoms with Gasteiger partial charge in [-0.3, -0.25) is 4.79 Å². The third-order valence-electron chi connectivity index (χ3n) is 5.44. The predicted molar refractivity (Wildman–Crippen MR) is 76.4 cm³/mol. The van der Waals surface area contributed by atoms with Crippen LogP contribution in [0.4, 0.5) is 0 Å². The molecule has 2 atom stereocenters. The second-order valence-corrected chi connectivity index (χ2v) is 6.49. The van der Waals surface area contributed by atoms with Crippen molar-refractivity contribution in [3.63, 3.8) is 0 Å². The standard InChI is InChI=1S/C15H26N2O3/c1-4-15(13(19)20)6-5-9-17(15)12(18)14(11(2)3)7-8-16-10-14/h11,16H,4-10H2,1-3H3,(H,19,20). The molecule has 0 aromatic rings. The van der Waals surface area contributed by atoms with Crippen LogP contribution in [0, 0.1) is 11.3 Å². The Morgan fingerprint density at radius 3 is 2.50 bits per heavy atom. The summed E-state index contributed by atoms with van der Waals surface area (Å²) in [5.41, 5.74) is -1.41. The van der Waals surface area contributed by atoms with Crippen molar-refractivity contribution in [1.29, 1.82) is 0 Å². The number of nitrogens with one attached hydrogen (secondary N) is 1. The SMILES string of the molecule is CCC1(C(=O)O)CCCN1C(=O)C1(C(C)C)CCNC1. The molecule has 2 rings (SSSR count). The van der Waals surface area contributed by atoms with Crippen LogP contribution in [0.1, 0.15) is 46.5 Å². The van der Waals surface area contributed by atoms with Crippen molar-refractivity contribution in [2.45, 2.75) is 52.0 Å². The van der Waals surface area contributed by atoms with Gasteiger partial charge >= 0.3 is 5.97 Å². The third-order valence-corrected chi connectivity index (χ3v) is 5.44. The van der Waals surface area contributed by atoms with Crippen molar-refractivity contribution < 1.29 is 14.7 Å². The van der Waals surface area contributed by atoms with Crippen LogP contribution in [0.25, 0.3) is 0 Å². The Morgan fingerprint density at radius 2 is 2.05 bits per heavy atom. The summed E-state index contributed by atoms with van der Waals surface area (Å²) in [6, 6.07) is 0. The molecule has 0 aromatic heterocycles. The zero-order valence-corrected chi connectivity index (χ0v) is 12.7. The van der Waals surface area contributed by atoms with Crippen LogP contribution < -0.4 is 5.32 Å². The first-order valence-electron chi connectivity index (χ1n) is 7.67. The zero-order chi connectivity index (χ0) is 15.0. The van der Waals surface area contributed by atoms with Gasteiger partial charge in [-0.1, -0.05) is 20.8 Å². The van der Waals surface area contributed by atoms with Gasteiger partial charge in [-0.25, -0.2) is 4.79 Å². The first-order chi connectivity index (χ1) is 9.40. The van der Waals surface area contributed by atoms with E-state index in [0.717, 1.165) is 19.4 Å². The van der Waals surface area contributed by atoms with Crippen molar-refractivity contribution in [3.05, 3.63) is 0 Å². The smallest absolute Gasteiger partial charge is 0.329 e. The van der Waals surface area contributed by atoms with Gasteiger partial charge in [0.15, 0.2) is 0 Å². The van der Waals surface area contributed by atoms with E-state index < -0.39 is 16.9 Å². The van der Waals surface area contributed by atoms with E-state index >= 15 is 0 Å². The van der Waals surface area contributed by atoms with Crippen LogP contribution in [0.15, 0.2) is 0 Å². The summed E-state index contributed by atoms with van der Waals surface area (Å²) in [6.45, 7) is 8.08. The number of likely N-dealkylation sites (tertiary alicyclic amines) is 1. The molecule has 2 heterocycles. The molecule has 0 spiro atoms. The van der Waals surface area contributed by atoms with Crippen LogP contribution in [0.3, 0.4) is 0 Å². The van der Waals surface area contributed by atoms with Gasteiger partial charge in [-0.15, -0.1) is 0 Å². The maximum atomic E-state index is 13.1. The van der Waals surface area contributed by atoms with Gasteiger partial charge in [-0.05, 0) is 38.1 Å². The fraction of sp³-hybridized carbons (Fsp3) is 0.867. The molecule has 0 aliphatic carbocycles. The van der Waals surface area contributed by atoms with E-state index in [4.69, 9.17) is 0 Å². The van der Waals surface area contributed by atoms with Crippen molar-refractivity contribution in [2.24, 2.45) is 11.3 Å². The van der Waals surface area contributed by atoms with Crippen molar-refractivity contribution >= 4 is 11.9 Å². The number of amides is 1. The fourth-order valence-corrected chi connectivity index (χ4v) is 3.82. The van der Waals surface area contributed by atoms with Gasteiger partial charge in [0.1, 0.15) is 5.54 Å². The van der Waals surface area contributed by atoms with Gasteiger partial charge in [-0.2, -0.15) is 0 Å². The number of carboxylic acid groups (broad SMARTS) is 1. The molecule has 2 aliphatic rings. The minimum absolute atomic E-state index is 0.0410. The van der Waals surface area contributed by atoms with Crippen molar-refractivity contribution in [1.82, 2.24) is 10.2 Å². The summed E-state index contributed by atoms with van der Waals surface area (Å²) in [5, 5.41) is 12.9. The lowest BCUT2D eigenvalue weighted by Crippen LogP contribution is -2.58. The Morgan fingerprint density at radius 1 is 1.35 bits per heavy atom. The van der Waals surface area contributed by atoms with E-state index in [1.165, 1.54) is 0 Å². The molecule has 2 fully saturated rings. The van der Waals surface area contributed by atoms with E-state index in [9.17, 15) is 14.7 Å². The summed E-state index contributed by atoms with van der Waals surface area (Å²) in [7, 11) is 0. The van der Waals surface area contributed by atoms with Crippen LogP contribution in [0.5, 0.6) is 0 Å². The van der Waals surface area contributed by atoms with Gasteiger partial charge < -0.3 is 15.3 Å². The molecule has 114 valence electrons. The average molecular weight is 282 g/mol. The monoisotopic (exact) mass is 282 g/mol. The van der Waals surface area contributed by atoms with Gasteiger partial charge in [0, 0.05) is 13.1 Å². The van der Waals surface area contributed by atoms with E-state index in [0.29, 0.717) is 25.9 Å². The fourth-order valence-electron chi connectivity index (χ4n) is 3.82. The van der Waals surface area contributed by atoms with Crippen LogP contribution in [-0.2, 0) is 9.59 Å². The van der Waals surface area contributed by atoms with Crippen LogP contribution >= 0.6 is 0 Å². The van der Waals surface area contributed by atoms with E-state index in [-0.39, 0.29) is 11.8 Å². The highest BCUT2D eigenvalue weighted by atomic mass is 16.4. The molecule has 2 saturated heterocycles. The Balaban J connectivity index is 2.34. The lowest BCUT2D eigenvalue weighted by atomic mass is 9.74. The number of carboxylic acids is 1. The Labute approximate surface area is 120 Å². The topological polar surface area (TPSA) is 69.6 Å². The highest BCUT2D eigenvalue weighted by molar-refractivity contribution is 5.91. The Kier molecular flexibility index (Phi) is 4.09. The van der Waals surface area contributed by atoms with Gasteiger partial charge in [0.25, 0.3) is 0 Å². The van der Waals surface area contributed by atoms with Gasteiger partial charge in [0.2, 0.25) is 5.91 Å². The molecule has 0 bridgehead atoms. The normalized spacial score (nSPS) is 33.9. The summed E-state index contributed by atoms with van der Waals surface area (Å²) in [6.07, 6.45) is 2.65. The number of hydrogen-bond donors (Lipinski definition) is 2. The molecule has 0 aromatic carbocycles. The summed E-state index contributed by atoms with van der Waals surface area (Å²) in [5.74, 6) is -0.594. The minimum Gasteiger partial charge on any atom is -0.479 e. The molecule has 2 aliphatic heterocycles. The third kappa shape index (κ3) is 2.03. The van der Waals surface area contributed by atoms with Crippen molar-refractivity contribution in [3.8, 4) is 0 Å². The number of hydrogen-bond acceptors (Lipinski definition) is 3. The molecule has 20 heavy (non-hydrogen) atoms. The minimum atomic E-state index is -0.985. The maximum absolute atomic E-state index is 13.1. The number of aliphatic carboxylic acids is 1. The first-order valence-corrected chi connectivity index (χ1v) is 7.67. The lowest BCUT2D eigenvalue weighted by Gasteiger charge is -2.41. The highest BCUT2D eigenvalue weighted by Crippen LogP contribution is 2.42. The van der Waals surface area contributed by atoms with Crippen molar-refractivity contribution in [2.75, 3.05) is 19.6 Å². The number of carbonyl (C=O) groups excluding carboxylic acids is 1. The zero-order valence-electron chi connectivity index (χ0n) is 12.7. The number of rotatable bonds is 4. The largest absolute Gasteiger partial charge is 0.479 e. The molecule has 2 unspecified atom stereocenters. The summed E-state index contributed by atoms with van der Waals surface area (Å²) < 4.78 is 0. The second kappa shape index (κ2) is 5.35. The summed E-state index contributed by atoms with van der Waals surface area (Å²) >= 11 is 0. The highest BCUT2D eigenvalue weighted by Gasteiger charge is 2.55. The van der Waals surface area contributed by atoms with Crippen LogP contribution in [0.2, 0.25) is 0 Å². The quantitative estimate of drug-likeness (QED) is 0.819. The second-order valence-electron chi connectivity index (χ2n) is 6.49. The first kappa shape index (κ1) is 15.3. The maximum Gasteiger partial charge on any atom is 0.329 e. The lowest BCUT2D eigenvalue weighted by molar-refractivity contribution is -0.162. The molecule has 0 radical (unpaired) electrons. The Hall–Kier alpha value is -1.10.